The molecule has 0 spiro atoms. The lowest BCUT2D eigenvalue weighted by atomic mass is 9.88. The predicted molar refractivity (Wildman–Crippen MR) is 86.9 cm³/mol. The number of hydrogen-bond donors (Lipinski definition) is 2. The highest BCUT2D eigenvalue weighted by molar-refractivity contribution is 5.85. The van der Waals surface area contributed by atoms with Crippen molar-refractivity contribution in [3.8, 4) is 0 Å². The van der Waals surface area contributed by atoms with Crippen LogP contribution in [-0.4, -0.2) is 31.6 Å². The Balaban J connectivity index is 0.00000144. The van der Waals surface area contributed by atoms with Crippen molar-refractivity contribution >= 4 is 18.3 Å². The third-order valence-corrected chi connectivity index (χ3v) is 5.19. The molecule has 2 aliphatic heterocycles. The van der Waals surface area contributed by atoms with E-state index in [1.807, 2.05) is 18.2 Å². The summed E-state index contributed by atoms with van der Waals surface area (Å²) in [6, 6.07) is 10.5. The summed E-state index contributed by atoms with van der Waals surface area (Å²) in [6.07, 6.45) is 1.81. The third kappa shape index (κ3) is 2.87. The molecule has 1 aromatic carbocycles. The molecule has 4 nitrogen and oxygen atoms in total. The van der Waals surface area contributed by atoms with E-state index in [9.17, 15) is 4.79 Å². The van der Waals surface area contributed by atoms with Gasteiger partial charge in [0, 0.05) is 25.7 Å². The van der Waals surface area contributed by atoms with Gasteiger partial charge in [0.15, 0.2) is 0 Å². The number of rotatable bonds is 3. The number of hydrogen-bond acceptors (Lipinski definition) is 3. The molecule has 2 N–H and O–H groups in total. The smallest absolute Gasteiger partial charge is 0.226 e. The molecule has 120 valence electrons. The maximum Gasteiger partial charge on any atom is 0.226 e. The minimum absolute atomic E-state index is 0. The fourth-order valence-electron chi connectivity index (χ4n) is 3.92. The van der Waals surface area contributed by atoms with Gasteiger partial charge in [-0.3, -0.25) is 4.79 Å². The molecular weight excluding hydrogens is 300 g/mol. The maximum atomic E-state index is 12.7. The van der Waals surface area contributed by atoms with Crippen molar-refractivity contribution in [3.63, 3.8) is 0 Å². The Hall–Kier alpha value is -1.10. The lowest BCUT2D eigenvalue weighted by Gasteiger charge is -2.31. The van der Waals surface area contributed by atoms with Gasteiger partial charge in [0.1, 0.15) is 0 Å². The van der Waals surface area contributed by atoms with E-state index < -0.39 is 0 Å². The van der Waals surface area contributed by atoms with Crippen molar-refractivity contribution in [2.75, 3.05) is 19.7 Å². The van der Waals surface area contributed by atoms with Crippen LogP contribution in [0, 0.1) is 17.8 Å². The Labute approximate surface area is 137 Å². The minimum Gasteiger partial charge on any atom is -0.373 e. The van der Waals surface area contributed by atoms with E-state index in [0.717, 1.165) is 38.1 Å². The number of amides is 1. The summed E-state index contributed by atoms with van der Waals surface area (Å²) in [7, 11) is 0. The summed E-state index contributed by atoms with van der Waals surface area (Å²) < 4.78 is 5.92. The van der Waals surface area contributed by atoms with Gasteiger partial charge in [-0.15, -0.1) is 12.4 Å². The number of ether oxygens (including phenoxy) is 1. The van der Waals surface area contributed by atoms with Crippen LogP contribution in [0.1, 0.15) is 24.5 Å². The van der Waals surface area contributed by atoms with Gasteiger partial charge in [-0.2, -0.15) is 0 Å². The van der Waals surface area contributed by atoms with E-state index in [0.29, 0.717) is 17.9 Å². The molecule has 3 fully saturated rings. The highest BCUT2D eigenvalue weighted by Gasteiger charge is 2.54. The van der Waals surface area contributed by atoms with Crippen LogP contribution >= 0.6 is 12.4 Å². The number of nitrogens with one attached hydrogen (secondary N) is 2. The Kier molecular flexibility index (Phi) is 4.71. The molecule has 1 saturated carbocycles. The molecule has 4 unspecified atom stereocenters. The zero-order valence-corrected chi connectivity index (χ0v) is 13.4. The monoisotopic (exact) mass is 322 g/mol. The molecule has 22 heavy (non-hydrogen) atoms. The summed E-state index contributed by atoms with van der Waals surface area (Å²) in [5.74, 6) is 1.46. The normalized spacial score (nSPS) is 36.1. The topological polar surface area (TPSA) is 50.4 Å². The van der Waals surface area contributed by atoms with Crippen LogP contribution in [0.15, 0.2) is 30.3 Å². The molecule has 1 amide bonds. The van der Waals surface area contributed by atoms with Gasteiger partial charge in [0.2, 0.25) is 5.91 Å². The Bertz CT molecular complexity index is 515. The average Bonchev–Trinajstić information content (AvgIpc) is 2.97. The van der Waals surface area contributed by atoms with Crippen LogP contribution in [-0.2, 0) is 9.53 Å². The largest absolute Gasteiger partial charge is 0.373 e. The molecule has 4 atom stereocenters. The van der Waals surface area contributed by atoms with E-state index in [-0.39, 0.29) is 30.3 Å². The number of halogens is 1. The lowest BCUT2D eigenvalue weighted by molar-refractivity contribution is -0.135. The maximum absolute atomic E-state index is 12.7. The molecule has 0 bridgehead atoms. The molecule has 5 heteroatoms. The van der Waals surface area contributed by atoms with Crippen molar-refractivity contribution in [2.45, 2.75) is 25.0 Å². The average molecular weight is 323 g/mol. The minimum atomic E-state index is -0.0864. The van der Waals surface area contributed by atoms with Gasteiger partial charge in [0.25, 0.3) is 0 Å². The zero-order valence-electron chi connectivity index (χ0n) is 12.5. The fourth-order valence-corrected chi connectivity index (χ4v) is 3.92. The highest BCUT2D eigenvalue weighted by atomic mass is 35.5. The van der Waals surface area contributed by atoms with E-state index >= 15 is 0 Å². The van der Waals surface area contributed by atoms with Crippen molar-refractivity contribution in [1.82, 2.24) is 10.6 Å². The molecule has 1 aliphatic carbocycles. The highest BCUT2D eigenvalue weighted by Crippen LogP contribution is 2.42. The first-order valence-corrected chi connectivity index (χ1v) is 8.02. The molecule has 2 heterocycles. The van der Waals surface area contributed by atoms with Crippen molar-refractivity contribution in [2.24, 2.45) is 17.8 Å². The lowest BCUT2D eigenvalue weighted by Crippen LogP contribution is -2.41. The molecule has 3 aliphatic rings. The number of benzene rings is 1. The van der Waals surface area contributed by atoms with Gasteiger partial charge in [-0.25, -0.2) is 0 Å². The fraction of sp³-hybridized carbons (Fsp3) is 0.588. The van der Waals surface area contributed by atoms with E-state index in [4.69, 9.17) is 4.74 Å². The number of fused-ring (bicyclic) bond motifs is 1. The molecule has 0 radical (unpaired) electrons. The molecular formula is C17H23ClN2O2. The molecule has 4 rings (SSSR count). The van der Waals surface area contributed by atoms with Crippen LogP contribution in [0.3, 0.4) is 0 Å². The van der Waals surface area contributed by atoms with Gasteiger partial charge in [0.05, 0.1) is 12.0 Å². The summed E-state index contributed by atoms with van der Waals surface area (Å²) >= 11 is 0. The molecule has 1 aromatic rings. The first kappa shape index (κ1) is 15.8. The predicted octanol–water partition coefficient (Wildman–Crippen LogP) is 1.91. The van der Waals surface area contributed by atoms with Gasteiger partial charge >= 0.3 is 0 Å². The zero-order chi connectivity index (χ0) is 14.2. The van der Waals surface area contributed by atoms with Crippen LogP contribution in [0.25, 0.3) is 0 Å². The first-order chi connectivity index (χ1) is 10.3. The second-order valence-electron chi connectivity index (χ2n) is 6.47. The SMILES string of the molecule is Cl.O=C(NC1C2CNCC21)C1CCCOC1c1ccccc1. The summed E-state index contributed by atoms with van der Waals surface area (Å²) in [6.45, 7) is 2.86. The van der Waals surface area contributed by atoms with E-state index in [1.165, 1.54) is 0 Å². The van der Waals surface area contributed by atoms with E-state index in [1.54, 1.807) is 0 Å². The number of carbonyl (C=O) groups excluding carboxylic acids is 1. The van der Waals surface area contributed by atoms with Crippen LogP contribution in [0.4, 0.5) is 0 Å². The third-order valence-electron chi connectivity index (χ3n) is 5.19. The van der Waals surface area contributed by atoms with Crippen molar-refractivity contribution < 1.29 is 9.53 Å². The standard InChI is InChI=1S/C17H22N2O2.ClH/c20-17(19-15-13-9-18-10-14(13)15)12-7-4-8-21-16(12)11-5-2-1-3-6-11;/h1-3,5-6,12-16,18H,4,7-10H2,(H,19,20);1H. The van der Waals surface area contributed by atoms with Crippen molar-refractivity contribution in [1.29, 1.82) is 0 Å². The van der Waals surface area contributed by atoms with Gasteiger partial charge in [-0.1, -0.05) is 30.3 Å². The van der Waals surface area contributed by atoms with Gasteiger partial charge in [-0.05, 0) is 30.2 Å². The molecule has 2 saturated heterocycles. The number of piperidine rings is 1. The second-order valence-corrected chi connectivity index (χ2v) is 6.47. The Morgan fingerprint density at radius 2 is 1.91 bits per heavy atom. The Morgan fingerprint density at radius 1 is 1.18 bits per heavy atom. The molecule has 0 aromatic heterocycles. The van der Waals surface area contributed by atoms with Gasteiger partial charge < -0.3 is 15.4 Å². The second kappa shape index (κ2) is 6.57. The van der Waals surface area contributed by atoms with Crippen molar-refractivity contribution in [3.05, 3.63) is 35.9 Å². The van der Waals surface area contributed by atoms with Crippen LogP contribution < -0.4 is 10.6 Å². The quantitative estimate of drug-likeness (QED) is 0.894. The van der Waals surface area contributed by atoms with Crippen LogP contribution in [0.2, 0.25) is 0 Å². The van der Waals surface area contributed by atoms with E-state index in [2.05, 4.69) is 22.8 Å². The summed E-state index contributed by atoms with van der Waals surface area (Å²) in [5, 5.41) is 6.63. The number of carbonyl (C=O) groups is 1. The summed E-state index contributed by atoms with van der Waals surface area (Å²) in [4.78, 5) is 12.7. The van der Waals surface area contributed by atoms with Crippen LogP contribution in [0.5, 0.6) is 0 Å². The Morgan fingerprint density at radius 3 is 2.64 bits per heavy atom. The summed E-state index contributed by atoms with van der Waals surface area (Å²) in [5.41, 5.74) is 1.12. The first-order valence-electron chi connectivity index (χ1n) is 8.02.